The van der Waals surface area contributed by atoms with Gasteiger partial charge in [0.25, 0.3) is 0 Å². The molecule has 1 rings (SSSR count). The quantitative estimate of drug-likeness (QED) is 0.739. The van der Waals surface area contributed by atoms with Gasteiger partial charge >= 0.3 is 0 Å². The normalized spacial score (nSPS) is 9.88. The Morgan fingerprint density at radius 3 is 2.81 bits per heavy atom. The number of anilines is 1. The zero-order chi connectivity index (χ0) is 12.0. The van der Waals surface area contributed by atoms with Crippen LogP contribution in [0.3, 0.4) is 0 Å². The number of nitrogen functional groups attached to an aromatic ring is 1. The van der Waals surface area contributed by atoms with Crippen molar-refractivity contribution >= 4 is 11.6 Å². The molecule has 0 aliphatic rings. The van der Waals surface area contributed by atoms with Crippen LogP contribution in [0.1, 0.15) is 18.9 Å². The highest BCUT2D eigenvalue weighted by Crippen LogP contribution is 2.22. The van der Waals surface area contributed by atoms with Gasteiger partial charge in [0.1, 0.15) is 5.75 Å². The summed E-state index contributed by atoms with van der Waals surface area (Å²) >= 11 is 0. The summed E-state index contributed by atoms with van der Waals surface area (Å²) in [6, 6.07) is 5.72. The Kier molecular flexibility index (Phi) is 4.64. The molecule has 0 saturated carbocycles. The molecule has 88 valence electrons. The van der Waals surface area contributed by atoms with Crippen molar-refractivity contribution < 1.29 is 9.53 Å². The smallest absolute Gasteiger partial charge is 0.223 e. The van der Waals surface area contributed by atoms with E-state index in [-0.39, 0.29) is 5.91 Å². The van der Waals surface area contributed by atoms with Crippen molar-refractivity contribution in [2.45, 2.75) is 19.8 Å². The second-order valence-corrected chi connectivity index (χ2v) is 3.50. The van der Waals surface area contributed by atoms with Gasteiger partial charge in [0.2, 0.25) is 5.91 Å². The van der Waals surface area contributed by atoms with Gasteiger partial charge in [-0.05, 0) is 24.1 Å². The minimum atomic E-state index is -0.0382. The summed E-state index contributed by atoms with van der Waals surface area (Å²) in [5, 5.41) is 2.53. The maximum atomic E-state index is 11.0. The van der Waals surface area contributed by atoms with Crippen LogP contribution in [0.2, 0.25) is 0 Å². The lowest BCUT2D eigenvalue weighted by Crippen LogP contribution is -2.20. The van der Waals surface area contributed by atoms with Crippen molar-refractivity contribution in [2.24, 2.45) is 0 Å². The van der Waals surface area contributed by atoms with Crippen LogP contribution in [0.4, 0.5) is 5.69 Å². The Morgan fingerprint density at radius 1 is 1.50 bits per heavy atom. The van der Waals surface area contributed by atoms with Crippen LogP contribution >= 0.6 is 0 Å². The topological polar surface area (TPSA) is 64.3 Å². The third-order valence-electron chi connectivity index (χ3n) is 2.35. The molecule has 0 heterocycles. The van der Waals surface area contributed by atoms with Gasteiger partial charge in [-0.25, -0.2) is 0 Å². The number of nitrogens with two attached hydrogens (primary N) is 1. The van der Waals surface area contributed by atoms with E-state index in [1.807, 2.05) is 18.2 Å². The molecule has 0 saturated heterocycles. The molecule has 0 fully saturated rings. The van der Waals surface area contributed by atoms with Crippen LogP contribution < -0.4 is 15.8 Å². The molecule has 0 atom stereocenters. The van der Waals surface area contributed by atoms with Gasteiger partial charge in [0.15, 0.2) is 0 Å². The number of rotatable bonds is 5. The lowest BCUT2D eigenvalue weighted by atomic mass is 10.1. The molecular weight excluding hydrogens is 204 g/mol. The molecule has 4 nitrogen and oxygen atoms in total. The van der Waals surface area contributed by atoms with E-state index in [4.69, 9.17) is 10.5 Å². The van der Waals surface area contributed by atoms with E-state index in [0.717, 1.165) is 6.42 Å². The summed E-state index contributed by atoms with van der Waals surface area (Å²) in [7, 11) is 1.60. The van der Waals surface area contributed by atoms with Crippen LogP contribution in [-0.2, 0) is 11.2 Å². The molecule has 0 aliphatic carbocycles. The zero-order valence-corrected chi connectivity index (χ0v) is 9.75. The molecule has 16 heavy (non-hydrogen) atoms. The van der Waals surface area contributed by atoms with E-state index in [2.05, 4.69) is 12.2 Å². The average Bonchev–Trinajstić information content (AvgIpc) is 2.30. The highest BCUT2D eigenvalue weighted by molar-refractivity contribution is 5.75. The van der Waals surface area contributed by atoms with E-state index in [1.165, 1.54) is 5.56 Å². The summed E-state index contributed by atoms with van der Waals surface area (Å²) in [5.41, 5.74) is 7.62. The highest BCUT2D eigenvalue weighted by atomic mass is 16.5. The molecule has 0 bridgehead atoms. The van der Waals surface area contributed by atoms with Crippen LogP contribution in [0.25, 0.3) is 0 Å². The Morgan fingerprint density at radius 2 is 2.25 bits per heavy atom. The van der Waals surface area contributed by atoms with Crippen LogP contribution in [-0.4, -0.2) is 19.6 Å². The van der Waals surface area contributed by atoms with Gasteiger partial charge in [0.05, 0.1) is 18.7 Å². The minimum absolute atomic E-state index is 0.0382. The van der Waals surface area contributed by atoms with Gasteiger partial charge in [-0.2, -0.15) is 0 Å². The number of carbonyl (C=O) groups is 1. The van der Waals surface area contributed by atoms with Crippen molar-refractivity contribution in [3.8, 4) is 5.75 Å². The van der Waals surface area contributed by atoms with Crippen LogP contribution in [0, 0.1) is 0 Å². The molecule has 0 radical (unpaired) electrons. The molecule has 3 N–H and O–H groups in total. The number of aryl methyl sites for hydroxylation is 1. The standard InChI is InChI=1S/C12H18N2O2/c1-3-9-4-5-11(10(13)8-9)16-7-6-12(15)14-2/h4-5,8H,3,6-7,13H2,1-2H3,(H,14,15). The Labute approximate surface area is 95.8 Å². The third kappa shape index (κ3) is 3.46. The summed E-state index contributed by atoms with van der Waals surface area (Å²) in [4.78, 5) is 11.0. The molecule has 0 aliphatic heterocycles. The molecule has 1 aromatic rings. The second kappa shape index (κ2) is 6.00. The van der Waals surface area contributed by atoms with E-state index in [9.17, 15) is 4.79 Å². The molecule has 0 aromatic heterocycles. The van der Waals surface area contributed by atoms with Crippen molar-refractivity contribution in [3.63, 3.8) is 0 Å². The Bertz CT molecular complexity index is 364. The fourth-order valence-corrected chi connectivity index (χ4v) is 1.33. The lowest BCUT2D eigenvalue weighted by Gasteiger charge is -2.09. The van der Waals surface area contributed by atoms with Crippen molar-refractivity contribution in [1.82, 2.24) is 5.32 Å². The Balaban J connectivity index is 2.51. The predicted octanol–water partition coefficient (Wildman–Crippen LogP) is 1.35. The maximum Gasteiger partial charge on any atom is 0.223 e. The molecule has 1 amide bonds. The van der Waals surface area contributed by atoms with E-state index >= 15 is 0 Å². The van der Waals surface area contributed by atoms with E-state index in [0.29, 0.717) is 24.5 Å². The number of nitrogens with one attached hydrogen (secondary N) is 1. The monoisotopic (exact) mass is 222 g/mol. The molecule has 4 heteroatoms. The number of hydrogen-bond donors (Lipinski definition) is 2. The first-order chi connectivity index (χ1) is 7.67. The number of carbonyl (C=O) groups excluding carboxylic acids is 1. The molecule has 1 aromatic carbocycles. The summed E-state index contributed by atoms with van der Waals surface area (Å²) in [6.45, 7) is 2.41. The molecule has 0 unspecified atom stereocenters. The zero-order valence-electron chi connectivity index (χ0n) is 9.75. The van der Waals surface area contributed by atoms with Gasteiger partial charge in [-0.15, -0.1) is 0 Å². The third-order valence-corrected chi connectivity index (χ3v) is 2.35. The van der Waals surface area contributed by atoms with Gasteiger partial charge in [-0.3, -0.25) is 4.79 Å². The van der Waals surface area contributed by atoms with Crippen molar-refractivity contribution in [1.29, 1.82) is 0 Å². The predicted molar refractivity (Wildman–Crippen MR) is 64.4 cm³/mol. The van der Waals surface area contributed by atoms with Gasteiger partial charge in [0, 0.05) is 7.05 Å². The van der Waals surface area contributed by atoms with Crippen LogP contribution in [0.5, 0.6) is 5.75 Å². The van der Waals surface area contributed by atoms with Crippen molar-refractivity contribution in [3.05, 3.63) is 23.8 Å². The number of amides is 1. The summed E-state index contributed by atoms with van der Waals surface area (Å²) in [6.07, 6.45) is 1.29. The first-order valence-corrected chi connectivity index (χ1v) is 5.39. The fourth-order valence-electron chi connectivity index (χ4n) is 1.33. The fraction of sp³-hybridized carbons (Fsp3) is 0.417. The number of ether oxygens (including phenoxy) is 1. The first-order valence-electron chi connectivity index (χ1n) is 5.39. The lowest BCUT2D eigenvalue weighted by molar-refractivity contribution is -0.121. The van der Waals surface area contributed by atoms with E-state index in [1.54, 1.807) is 7.05 Å². The molecule has 0 spiro atoms. The van der Waals surface area contributed by atoms with Gasteiger partial charge < -0.3 is 15.8 Å². The largest absolute Gasteiger partial charge is 0.491 e. The van der Waals surface area contributed by atoms with Crippen molar-refractivity contribution in [2.75, 3.05) is 19.4 Å². The highest BCUT2D eigenvalue weighted by Gasteiger charge is 2.03. The van der Waals surface area contributed by atoms with E-state index < -0.39 is 0 Å². The summed E-state index contributed by atoms with van der Waals surface area (Å²) in [5.74, 6) is 0.602. The number of hydrogen-bond acceptors (Lipinski definition) is 3. The Hall–Kier alpha value is -1.71. The first kappa shape index (κ1) is 12.4. The number of benzene rings is 1. The minimum Gasteiger partial charge on any atom is -0.491 e. The maximum absolute atomic E-state index is 11.0. The molecular formula is C12H18N2O2. The second-order valence-electron chi connectivity index (χ2n) is 3.50. The SMILES string of the molecule is CCc1ccc(OCCC(=O)NC)c(N)c1. The van der Waals surface area contributed by atoms with Crippen LogP contribution in [0.15, 0.2) is 18.2 Å². The summed E-state index contributed by atoms with van der Waals surface area (Å²) < 4.78 is 5.42. The van der Waals surface area contributed by atoms with Gasteiger partial charge in [-0.1, -0.05) is 13.0 Å². The average molecular weight is 222 g/mol.